The van der Waals surface area contributed by atoms with Crippen molar-refractivity contribution >= 4 is 0 Å². The summed E-state index contributed by atoms with van der Waals surface area (Å²) in [6.07, 6.45) is 0. The van der Waals surface area contributed by atoms with Gasteiger partial charge in [0, 0.05) is 18.2 Å². The largest absolute Gasteiger partial charge is 0.370 e. The summed E-state index contributed by atoms with van der Waals surface area (Å²) in [5.41, 5.74) is 6.42. The highest BCUT2D eigenvalue weighted by atomic mass is 15.2. The van der Waals surface area contributed by atoms with Crippen LogP contribution in [0.5, 0.6) is 0 Å². The molecule has 0 amide bonds. The molecule has 18 heavy (non-hydrogen) atoms. The zero-order chi connectivity index (χ0) is 14.5. The minimum Gasteiger partial charge on any atom is -0.370 e. The van der Waals surface area contributed by atoms with Crippen LogP contribution in [0.3, 0.4) is 0 Å². The number of nitrogens with zero attached hydrogens (tertiary/aromatic N) is 1. The van der Waals surface area contributed by atoms with Gasteiger partial charge in [0.2, 0.25) is 0 Å². The molecule has 0 aliphatic carbocycles. The average Bonchev–Trinajstić information content (AvgIpc) is 2.09. The highest BCUT2D eigenvalue weighted by Gasteiger charge is 2.38. The van der Waals surface area contributed by atoms with Crippen LogP contribution in [-0.4, -0.2) is 18.0 Å². The van der Waals surface area contributed by atoms with E-state index in [-0.39, 0.29) is 10.8 Å². The lowest BCUT2D eigenvalue weighted by atomic mass is 9.73. The van der Waals surface area contributed by atoms with E-state index in [1.54, 1.807) is 0 Å². The average molecular weight is 249 g/mol. The van der Waals surface area contributed by atoms with E-state index in [2.05, 4.69) is 74.3 Å². The fourth-order valence-corrected chi connectivity index (χ4v) is 3.68. The van der Waals surface area contributed by atoms with Crippen LogP contribution in [0.2, 0.25) is 0 Å². The molecule has 1 heterocycles. The molecule has 1 rings (SSSR count). The predicted octanol–water partition coefficient (Wildman–Crippen LogP) is 5.00. The van der Waals surface area contributed by atoms with Crippen LogP contribution in [0.4, 0.5) is 0 Å². The molecule has 0 saturated heterocycles. The molecule has 0 saturated carbocycles. The van der Waals surface area contributed by atoms with Crippen LogP contribution in [0.15, 0.2) is 22.4 Å². The van der Waals surface area contributed by atoms with Gasteiger partial charge in [0.15, 0.2) is 0 Å². The summed E-state index contributed by atoms with van der Waals surface area (Å²) >= 11 is 0. The van der Waals surface area contributed by atoms with E-state index in [1.807, 2.05) is 0 Å². The minimum atomic E-state index is 0.199. The first-order valence-corrected chi connectivity index (χ1v) is 7.01. The van der Waals surface area contributed by atoms with Crippen molar-refractivity contribution in [2.24, 2.45) is 10.8 Å². The summed E-state index contributed by atoms with van der Waals surface area (Å²) < 4.78 is 0. The topological polar surface area (TPSA) is 3.24 Å². The Bertz CT molecular complexity index is 396. The Morgan fingerprint density at radius 1 is 0.833 bits per heavy atom. The van der Waals surface area contributed by atoms with Gasteiger partial charge in [-0.2, -0.15) is 0 Å². The lowest BCUT2D eigenvalue weighted by Gasteiger charge is -2.49. The van der Waals surface area contributed by atoms with Crippen molar-refractivity contribution < 1.29 is 0 Å². The second kappa shape index (κ2) is 4.43. The summed E-state index contributed by atoms with van der Waals surface area (Å²) in [7, 11) is 2.26. The standard InChI is InChI=1S/C17H31N/c1-11-12(2)14(16(4,5)6)18(10)15(13(11)3)17(7,8)9/h14H,1-10H3. The van der Waals surface area contributed by atoms with E-state index in [9.17, 15) is 0 Å². The fourth-order valence-electron chi connectivity index (χ4n) is 3.68. The Balaban J connectivity index is 3.46. The van der Waals surface area contributed by atoms with Crippen molar-refractivity contribution in [1.29, 1.82) is 0 Å². The fraction of sp³-hybridized carbons (Fsp3) is 0.765. The molecule has 0 radical (unpaired) electrons. The summed E-state index contributed by atoms with van der Waals surface area (Å²) in [5, 5.41) is 0. The van der Waals surface area contributed by atoms with Gasteiger partial charge in [0.05, 0.1) is 6.04 Å². The van der Waals surface area contributed by atoms with E-state index in [0.29, 0.717) is 6.04 Å². The van der Waals surface area contributed by atoms with Gasteiger partial charge < -0.3 is 4.90 Å². The quantitative estimate of drug-likeness (QED) is 0.584. The summed E-state index contributed by atoms with van der Waals surface area (Å²) in [4.78, 5) is 2.51. The molecule has 0 fully saturated rings. The van der Waals surface area contributed by atoms with Crippen molar-refractivity contribution in [2.75, 3.05) is 7.05 Å². The van der Waals surface area contributed by atoms with Crippen LogP contribution in [0.25, 0.3) is 0 Å². The van der Waals surface area contributed by atoms with Gasteiger partial charge in [-0.25, -0.2) is 0 Å². The van der Waals surface area contributed by atoms with Gasteiger partial charge in [0.25, 0.3) is 0 Å². The van der Waals surface area contributed by atoms with Gasteiger partial charge in [-0.15, -0.1) is 0 Å². The first kappa shape index (κ1) is 15.3. The van der Waals surface area contributed by atoms with Crippen LogP contribution in [0.1, 0.15) is 62.3 Å². The molecule has 0 spiro atoms. The number of likely N-dealkylation sites (N-methyl/N-ethyl adjacent to an activating group) is 1. The molecule has 1 heteroatoms. The van der Waals surface area contributed by atoms with Crippen LogP contribution >= 0.6 is 0 Å². The minimum absolute atomic E-state index is 0.199. The molecule has 0 N–H and O–H groups in total. The molecule has 1 atom stereocenters. The van der Waals surface area contributed by atoms with Crippen molar-refractivity contribution in [3.63, 3.8) is 0 Å². The zero-order valence-electron chi connectivity index (χ0n) is 14.0. The van der Waals surface area contributed by atoms with Gasteiger partial charge in [-0.3, -0.25) is 0 Å². The second-order valence-electron chi connectivity index (χ2n) is 7.91. The number of hydrogen-bond acceptors (Lipinski definition) is 1. The SMILES string of the molecule is CC1=C(C)C(C(C)(C)C)N(C)C(C(C)(C)C)=C1C. The Labute approximate surface area is 114 Å². The highest BCUT2D eigenvalue weighted by molar-refractivity contribution is 5.43. The second-order valence-corrected chi connectivity index (χ2v) is 7.91. The Morgan fingerprint density at radius 2 is 1.28 bits per heavy atom. The molecular weight excluding hydrogens is 218 g/mol. The molecule has 0 bridgehead atoms. The van der Waals surface area contributed by atoms with Crippen LogP contribution < -0.4 is 0 Å². The third-order valence-corrected chi connectivity index (χ3v) is 4.19. The molecule has 0 aromatic rings. The van der Waals surface area contributed by atoms with E-state index < -0.39 is 0 Å². The lowest BCUT2D eigenvalue weighted by molar-refractivity contribution is 0.155. The van der Waals surface area contributed by atoms with E-state index >= 15 is 0 Å². The molecule has 0 aromatic heterocycles. The van der Waals surface area contributed by atoms with Crippen LogP contribution in [-0.2, 0) is 0 Å². The molecule has 104 valence electrons. The summed E-state index contributed by atoms with van der Waals surface area (Å²) in [5.74, 6) is 0. The molecule has 1 aliphatic rings. The van der Waals surface area contributed by atoms with E-state index in [1.165, 1.54) is 22.4 Å². The molecule has 0 aromatic carbocycles. The van der Waals surface area contributed by atoms with Crippen LogP contribution in [0, 0.1) is 10.8 Å². The number of allylic oxidation sites excluding steroid dienone is 3. The Morgan fingerprint density at radius 3 is 1.61 bits per heavy atom. The first-order chi connectivity index (χ1) is 7.89. The van der Waals surface area contributed by atoms with E-state index in [4.69, 9.17) is 0 Å². The summed E-state index contributed by atoms with van der Waals surface area (Å²) in [6, 6.07) is 0.496. The number of rotatable bonds is 0. The van der Waals surface area contributed by atoms with Crippen molar-refractivity contribution in [1.82, 2.24) is 4.90 Å². The van der Waals surface area contributed by atoms with Gasteiger partial charge in [-0.1, -0.05) is 41.5 Å². The zero-order valence-corrected chi connectivity index (χ0v) is 14.0. The maximum absolute atomic E-state index is 2.51. The third-order valence-electron chi connectivity index (χ3n) is 4.19. The van der Waals surface area contributed by atoms with Gasteiger partial charge >= 0.3 is 0 Å². The monoisotopic (exact) mass is 249 g/mol. The van der Waals surface area contributed by atoms with Crippen molar-refractivity contribution in [3.05, 3.63) is 22.4 Å². The van der Waals surface area contributed by atoms with Crippen molar-refractivity contribution in [3.8, 4) is 0 Å². The molecule has 1 nitrogen and oxygen atoms in total. The normalized spacial score (nSPS) is 23.0. The number of hydrogen-bond donors (Lipinski definition) is 0. The molecule has 1 unspecified atom stereocenters. The maximum atomic E-state index is 2.51. The maximum Gasteiger partial charge on any atom is 0.0547 e. The lowest BCUT2D eigenvalue weighted by Crippen LogP contribution is -2.47. The van der Waals surface area contributed by atoms with E-state index in [0.717, 1.165) is 0 Å². The smallest absolute Gasteiger partial charge is 0.0547 e. The van der Waals surface area contributed by atoms with Gasteiger partial charge in [-0.05, 0) is 42.9 Å². The molecular formula is C17H31N. The Kier molecular flexibility index (Phi) is 3.78. The van der Waals surface area contributed by atoms with Crippen molar-refractivity contribution in [2.45, 2.75) is 68.4 Å². The molecule has 1 aliphatic heterocycles. The summed E-state index contributed by atoms with van der Waals surface area (Å²) in [6.45, 7) is 20.8. The van der Waals surface area contributed by atoms with Gasteiger partial charge in [0.1, 0.15) is 0 Å². The Hall–Kier alpha value is -0.720. The third kappa shape index (κ3) is 2.50. The predicted molar refractivity (Wildman–Crippen MR) is 81.5 cm³/mol. The highest BCUT2D eigenvalue weighted by Crippen LogP contribution is 2.44. The first-order valence-electron chi connectivity index (χ1n) is 7.01.